The van der Waals surface area contributed by atoms with E-state index in [9.17, 15) is 9.59 Å². The number of hydrogen-bond donors (Lipinski definition) is 2. The lowest BCUT2D eigenvalue weighted by Crippen LogP contribution is -2.41. The fourth-order valence-corrected chi connectivity index (χ4v) is 2.46. The molecule has 0 aliphatic heterocycles. The van der Waals surface area contributed by atoms with Crippen LogP contribution in [0.2, 0.25) is 0 Å². The van der Waals surface area contributed by atoms with E-state index in [1.54, 1.807) is 14.2 Å². The topological polar surface area (TPSA) is 76.7 Å². The highest BCUT2D eigenvalue weighted by Gasteiger charge is 2.25. The van der Waals surface area contributed by atoms with Crippen LogP contribution in [0, 0.1) is 5.92 Å². The summed E-state index contributed by atoms with van der Waals surface area (Å²) in [6, 6.07) is 5.56. The van der Waals surface area contributed by atoms with Gasteiger partial charge in [0.1, 0.15) is 11.5 Å². The molecule has 0 bridgehead atoms. The van der Waals surface area contributed by atoms with Crippen LogP contribution in [-0.2, 0) is 16.0 Å². The van der Waals surface area contributed by atoms with Crippen molar-refractivity contribution in [3.8, 4) is 11.5 Å². The summed E-state index contributed by atoms with van der Waals surface area (Å²) in [6.45, 7) is 0.506. The zero-order valence-electron chi connectivity index (χ0n) is 13.7. The van der Waals surface area contributed by atoms with Crippen LogP contribution in [0.1, 0.15) is 24.8 Å². The molecule has 0 unspecified atom stereocenters. The van der Waals surface area contributed by atoms with Gasteiger partial charge in [0.2, 0.25) is 11.8 Å². The van der Waals surface area contributed by atoms with E-state index in [4.69, 9.17) is 9.47 Å². The third-order valence-corrected chi connectivity index (χ3v) is 4.10. The zero-order chi connectivity index (χ0) is 16.7. The van der Waals surface area contributed by atoms with Crippen molar-refractivity contribution in [3.63, 3.8) is 0 Å². The van der Waals surface area contributed by atoms with Gasteiger partial charge in [-0.05, 0) is 43.0 Å². The van der Waals surface area contributed by atoms with Crippen LogP contribution in [0.15, 0.2) is 18.2 Å². The predicted molar refractivity (Wildman–Crippen MR) is 86.6 cm³/mol. The molecule has 1 saturated carbocycles. The minimum Gasteiger partial charge on any atom is -0.497 e. The summed E-state index contributed by atoms with van der Waals surface area (Å²) in [5, 5.41) is 5.48. The summed E-state index contributed by atoms with van der Waals surface area (Å²) < 4.78 is 10.5. The van der Waals surface area contributed by atoms with Gasteiger partial charge in [0, 0.05) is 12.5 Å². The summed E-state index contributed by atoms with van der Waals surface area (Å²) in [7, 11) is 3.22. The Morgan fingerprint density at radius 3 is 2.57 bits per heavy atom. The van der Waals surface area contributed by atoms with Gasteiger partial charge in [-0.15, -0.1) is 0 Å². The van der Waals surface area contributed by atoms with E-state index in [-0.39, 0.29) is 24.3 Å². The number of amides is 2. The first-order valence-electron chi connectivity index (χ1n) is 7.89. The highest BCUT2D eigenvalue weighted by atomic mass is 16.5. The lowest BCUT2D eigenvalue weighted by atomic mass is 9.85. The molecule has 0 saturated heterocycles. The number of carbonyl (C=O) groups is 2. The first-order chi connectivity index (χ1) is 11.1. The van der Waals surface area contributed by atoms with E-state index in [0.717, 1.165) is 36.3 Å². The lowest BCUT2D eigenvalue weighted by Gasteiger charge is -2.23. The minimum atomic E-state index is -0.181. The molecule has 0 radical (unpaired) electrons. The highest BCUT2D eigenvalue weighted by molar-refractivity contribution is 5.86. The highest BCUT2D eigenvalue weighted by Crippen LogP contribution is 2.26. The van der Waals surface area contributed by atoms with Crippen molar-refractivity contribution in [1.82, 2.24) is 10.6 Å². The molecule has 0 aromatic heterocycles. The van der Waals surface area contributed by atoms with Gasteiger partial charge in [-0.2, -0.15) is 0 Å². The van der Waals surface area contributed by atoms with Crippen molar-refractivity contribution < 1.29 is 19.1 Å². The van der Waals surface area contributed by atoms with Gasteiger partial charge in [0.05, 0.1) is 20.8 Å². The van der Waals surface area contributed by atoms with Crippen LogP contribution < -0.4 is 20.1 Å². The normalized spacial score (nSPS) is 13.8. The van der Waals surface area contributed by atoms with Crippen molar-refractivity contribution in [2.45, 2.75) is 25.7 Å². The molecule has 1 aliphatic carbocycles. The average Bonchev–Trinajstić information content (AvgIpc) is 2.51. The average molecular weight is 320 g/mol. The molecule has 0 heterocycles. The van der Waals surface area contributed by atoms with Gasteiger partial charge in [-0.1, -0.05) is 6.42 Å². The largest absolute Gasteiger partial charge is 0.497 e. The van der Waals surface area contributed by atoms with Crippen molar-refractivity contribution in [2.75, 3.05) is 27.3 Å². The summed E-state index contributed by atoms with van der Waals surface area (Å²) in [5.41, 5.74) is 0.964. The SMILES string of the molecule is COc1ccc(OC)c(CCNC(=O)CNC(=O)C2CCC2)c1. The predicted octanol–water partition coefficient (Wildman–Crippen LogP) is 1.28. The number of carbonyl (C=O) groups excluding carboxylic acids is 2. The Balaban J connectivity index is 1.73. The molecule has 1 aliphatic rings. The Labute approximate surface area is 136 Å². The van der Waals surface area contributed by atoms with Gasteiger partial charge in [0.15, 0.2) is 0 Å². The van der Waals surface area contributed by atoms with Gasteiger partial charge < -0.3 is 20.1 Å². The molecule has 0 atom stereocenters. The van der Waals surface area contributed by atoms with E-state index >= 15 is 0 Å². The zero-order valence-corrected chi connectivity index (χ0v) is 13.7. The number of rotatable bonds is 8. The van der Waals surface area contributed by atoms with Crippen molar-refractivity contribution in [2.24, 2.45) is 5.92 Å². The second kappa shape index (κ2) is 8.41. The standard InChI is InChI=1S/C17H24N2O4/c1-22-14-6-7-15(23-2)13(10-14)8-9-18-16(20)11-19-17(21)12-4-3-5-12/h6-7,10,12H,3-5,8-9,11H2,1-2H3,(H,18,20)(H,19,21). The van der Waals surface area contributed by atoms with Gasteiger partial charge >= 0.3 is 0 Å². The van der Waals surface area contributed by atoms with Gasteiger partial charge in [-0.3, -0.25) is 9.59 Å². The molecule has 2 rings (SSSR count). The number of ether oxygens (including phenoxy) is 2. The number of nitrogens with one attached hydrogen (secondary N) is 2. The van der Waals surface area contributed by atoms with Crippen LogP contribution in [0.25, 0.3) is 0 Å². The van der Waals surface area contributed by atoms with Crippen molar-refractivity contribution >= 4 is 11.8 Å². The summed E-state index contributed by atoms with van der Waals surface area (Å²) in [5.74, 6) is 1.42. The van der Waals surface area contributed by atoms with Crippen LogP contribution in [0.5, 0.6) is 11.5 Å². The number of hydrogen-bond acceptors (Lipinski definition) is 4. The molecule has 0 spiro atoms. The quantitative estimate of drug-likeness (QED) is 0.756. The molecule has 1 aromatic carbocycles. The fraction of sp³-hybridized carbons (Fsp3) is 0.529. The Morgan fingerprint density at radius 1 is 1.17 bits per heavy atom. The molecular formula is C17H24N2O4. The molecule has 126 valence electrons. The molecule has 2 N–H and O–H groups in total. The van der Waals surface area contributed by atoms with E-state index in [2.05, 4.69) is 10.6 Å². The molecule has 1 fully saturated rings. The van der Waals surface area contributed by atoms with Crippen LogP contribution >= 0.6 is 0 Å². The fourth-order valence-electron chi connectivity index (χ4n) is 2.46. The Kier molecular flexibility index (Phi) is 6.26. The second-order valence-electron chi connectivity index (χ2n) is 5.62. The Bertz CT molecular complexity index is 556. The molecule has 2 amide bonds. The van der Waals surface area contributed by atoms with Gasteiger partial charge in [-0.25, -0.2) is 0 Å². The molecule has 23 heavy (non-hydrogen) atoms. The molecule has 1 aromatic rings. The Morgan fingerprint density at radius 2 is 1.96 bits per heavy atom. The summed E-state index contributed by atoms with van der Waals surface area (Å²) >= 11 is 0. The van der Waals surface area contributed by atoms with E-state index < -0.39 is 0 Å². The maximum atomic E-state index is 11.8. The third-order valence-electron chi connectivity index (χ3n) is 4.10. The minimum absolute atomic E-state index is 0.0131. The maximum absolute atomic E-state index is 11.8. The summed E-state index contributed by atoms with van der Waals surface area (Å²) in [6.07, 6.45) is 3.60. The van der Waals surface area contributed by atoms with Crippen LogP contribution in [0.4, 0.5) is 0 Å². The Hall–Kier alpha value is -2.24. The van der Waals surface area contributed by atoms with Crippen LogP contribution in [0.3, 0.4) is 0 Å². The van der Waals surface area contributed by atoms with Crippen molar-refractivity contribution in [1.29, 1.82) is 0 Å². The monoisotopic (exact) mass is 320 g/mol. The first kappa shape index (κ1) is 17.1. The summed E-state index contributed by atoms with van der Waals surface area (Å²) in [4.78, 5) is 23.4. The van der Waals surface area contributed by atoms with Gasteiger partial charge in [0.25, 0.3) is 0 Å². The number of benzene rings is 1. The number of methoxy groups -OCH3 is 2. The van der Waals surface area contributed by atoms with Crippen molar-refractivity contribution in [3.05, 3.63) is 23.8 Å². The molecule has 6 nitrogen and oxygen atoms in total. The third kappa shape index (κ3) is 4.87. The van der Waals surface area contributed by atoms with Crippen LogP contribution in [-0.4, -0.2) is 39.1 Å². The smallest absolute Gasteiger partial charge is 0.239 e. The molecule has 6 heteroatoms. The maximum Gasteiger partial charge on any atom is 0.239 e. The molecular weight excluding hydrogens is 296 g/mol. The van der Waals surface area contributed by atoms with E-state index in [1.165, 1.54) is 0 Å². The van der Waals surface area contributed by atoms with E-state index in [1.807, 2.05) is 18.2 Å². The first-order valence-corrected chi connectivity index (χ1v) is 7.89. The lowest BCUT2D eigenvalue weighted by molar-refractivity contribution is -0.130. The second-order valence-corrected chi connectivity index (χ2v) is 5.62. The van der Waals surface area contributed by atoms with E-state index in [0.29, 0.717) is 13.0 Å².